The molecule has 0 aromatic rings. The van der Waals surface area contributed by atoms with E-state index in [2.05, 4.69) is 6.92 Å². The lowest BCUT2D eigenvalue weighted by molar-refractivity contribution is -0.149. The van der Waals surface area contributed by atoms with Crippen LogP contribution in [0.4, 0.5) is 0 Å². The SMILES string of the molecule is CCCCCCCC[C@@H](C)C(=O)N1CCC[C@H]1C(=O)O. The van der Waals surface area contributed by atoms with Crippen molar-refractivity contribution in [2.24, 2.45) is 5.92 Å². The van der Waals surface area contributed by atoms with Gasteiger partial charge >= 0.3 is 5.97 Å². The van der Waals surface area contributed by atoms with Gasteiger partial charge in [0.05, 0.1) is 0 Å². The monoisotopic (exact) mass is 283 g/mol. The molecule has 1 heterocycles. The highest BCUT2D eigenvalue weighted by Crippen LogP contribution is 2.22. The quantitative estimate of drug-likeness (QED) is 0.659. The van der Waals surface area contributed by atoms with E-state index in [-0.39, 0.29) is 11.8 Å². The van der Waals surface area contributed by atoms with Gasteiger partial charge in [-0.3, -0.25) is 4.79 Å². The van der Waals surface area contributed by atoms with Crippen molar-refractivity contribution in [1.82, 2.24) is 4.90 Å². The van der Waals surface area contributed by atoms with Gasteiger partial charge in [0.1, 0.15) is 6.04 Å². The van der Waals surface area contributed by atoms with Crippen LogP contribution in [0.2, 0.25) is 0 Å². The number of aliphatic carboxylic acids is 1. The molecule has 1 N–H and O–H groups in total. The highest BCUT2D eigenvalue weighted by molar-refractivity contribution is 5.85. The summed E-state index contributed by atoms with van der Waals surface area (Å²) in [5, 5.41) is 9.12. The zero-order valence-electron chi connectivity index (χ0n) is 12.9. The normalized spacial score (nSPS) is 20.1. The van der Waals surface area contributed by atoms with Crippen LogP contribution in [0.3, 0.4) is 0 Å². The lowest BCUT2D eigenvalue weighted by Gasteiger charge is -2.24. The summed E-state index contributed by atoms with van der Waals surface area (Å²) in [6, 6.07) is -0.588. The number of carboxylic acids is 1. The number of carbonyl (C=O) groups excluding carboxylic acids is 1. The first-order valence-electron chi connectivity index (χ1n) is 8.11. The van der Waals surface area contributed by atoms with Gasteiger partial charge in [-0.1, -0.05) is 52.4 Å². The van der Waals surface area contributed by atoms with E-state index in [1.54, 1.807) is 4.90 Å². The molecule has 4 nitrogen and oxygen atoms in total. The third kappa shape index (κ3) is 5.14. The van der Waals surface area contributed by atoms with Gasteiger partial charge in [-0.25, -0.2) is 4.79 Å². The molecule has 0 unspecified atom stereocenters. The number of likely N-dealkylation sites (tertiary alicyclic amines) is 1. The van der Waals surface area contributed by atoms with Gasteiger partial charge < -0.3 is 10.0 Å². The van der Waals surface area contributed by atoms with Crippen LogP contribution in [-0.2, 0) is 9.59 Å². The molecule has 1 amide bonds. The lowest BCUT2D eigenvalue weighted by atomic mass is 10.00. The van der Waals surface area contributed by atoms with E-state index < -0.39 is 12.0 Å². The number of amides is 1. The Kier molecular flexibility index (Phi) is 7.63. The van der Waals surface area contributed by atoms with Gasteiger partial charge in [0.2, 0.25) is 5.91 Å². The molecule has 0 radical (unpaired) electrons. The topological polar surface area (TPSA) is 57.6 Å². The van der Waals surface area contributed by atoms with Crippen LogP contribution in [0.15, 0.2) is 0 Å². The van der Waals surface area contributed by atoms with Crippen molar-refractivity contribution >= 4 is 11.9 Å². The van der Waals surface area contributed by atoms with E-state index in [0.29, 0.717) is 13.0 Å². The van der Waals surface area contributed by atoms with Crippen molar-refractivity contribution in [3.05, 3.63) is 0 Å². The minimum atomic E-state index is -0.859. The molecule has 4 heteroatoms. The summed E-state index contributed by atoms with van der Waals surface area (Å²) < 4.78 is 0. The molecule has 1 aliphatic heterocycles. The van der Waals surface area contributed by atoms with E-state index in [0.717, 1.165) is 19.3 Å². The summed E-state index contributed by atoms with van der Waals surface area (Å²) >= 11 is 0. The van der Waals surface area contributed by atoms with E-state index in [1.807, 2.05) is 6.92 Å². The van der Waals surface area contributed by atoms with Crippen molar-refractivity contribution in [1.29, 1.82) is 0 Å². The maximum Gasteiger partial charge on any atom is 0.326 e. The first-order chi connectivity index (χ1) is 9.57. The molecule has 20 heavy (non-hydrogen) atoms. The Morgan fingerprint density at radius 3 is 2.50 bits per heavy atom. The molecule has 2 atom stereocenters. The van der Waals surface area contributed by atoms with Gasteiger partial charge in [-0.05, 0) is 19.3 Å². The Balaban J connectivity index is 2.26. The first-order valence-corrected chi connectivity index (χ1v) is 8.11. The van der Waals surface area contributed by atoms with Crippen LogP contribution in [0.1, 0.15) is 71.6 Å². The van der Waals surface area contributed by atoms with Crippen LogP contribution >= 0.6 is 0 Å². The minimum absolute atomic E-state index is 0.0310. The Bertz CT molecular complexity index is 317. The maximum absolute atomic E-state index is 12.3. The average Bonchev–Trinajstić information content (AvgIpc) is 2.91. The standard InChI is InChI=1S/C16H29NO3/c1-3-4-5-6-7-8-10-13(2)15(18)17-12-9-11-14(17)16(19)20/h13-14H,3-12H2,1-2H3,(H,19,20)/t13-,14+/m1/s1. The predicted molar refractivity (Wildman–Crippen MR) is 79.5 cm³/mol. The number of unbranched alkanes of at least 4 members (excludes halogenated alkanes) is 5. The van der Waals surface area contributed by atoms with Crippen LogP contribution in [0.5, 0.6) is 0 Å². The summed E-state index contributed by atoms with van der Waals surface area (Å²) in [7, 11) is 0. The van der Waals surface area contributed by atoms with Crippen molar-refractivity contribution < 1.29 is 14.7 Å². The zero-order valence-corrected chi connectivity index (χ0v) is 12.9. The summed E-state index contributed by atoms with van der Waals surface area (Å²) in [6.07, 6.45) is 9.62. The highest BCUT2D eigenvalue weighted by Gasteiger charge is 2.35. The van der Waals surface area contributed by atoms with Crippen molar-refractivity contribution in [2.75, 3.05) is 6.54 Å². The second kappa shape index (κ2) is 8.98. The molecule has 116 valence electrons. The molecule has 0 aromatic carbocycles. The van der Waals surface area contributed by atoms with Crippen LogP contribution < -0.4 is 0 Å². The zero-order chi connectivity index (χ0) is 15.0. The number of hydrogen-bond donors (Lipinski definition) is 1. The largest absolute Gasteiger partial charge is 0.480 e. The van der Waals surface area contributed by atoms with E-state index in [9.17, 15) is 9.59 Å². The van der Waals surface area contributed by atoms with Crippen LogP contribution in [0.25, 0.3) is 0 Å². The Morgan fingerprint density at radius 1 is 1.20 bits per heavy atom. The van der Waals surface area contributed by atoms with Gasteiger partial charge in [0, 0.05) is 12.5 Å². The third-order valence-corrected chi connectivity index (χ3v) is 4.23. The number of carbonyl (C=O) groups is 2. The Morgan fingerprint density at radius 2 is 1.85 bits per heavy atom. The summed E-state index contributed by atoms with van der Waals surface area (Å²) in [6.45, 7) is 4.75. The molecule has 1 saturated heterocycles. The van der Waals surface area contributed by atoms with Crippen LogP contribution in [0, 0.1) is 5.92 Å². The third-order valence-electron chi connectivity index (χ3n) is 4.23. The first kappa shape index (κ1) is 17.0. The van der Waals surface area contributed by atoms with Gasteiger partial charge in [-0.2, -0.15) is 0 Å². The van der Waals surface area contributed by atoms with Gasteiger partial charge in [-0.15, -0.1) is 0 Å². The summed E-state index contributed by atoms with van der Waals surface area (Å²) in [4.78, 5) is 25.0. The molecule has 0 saturated carbocycles. The number of rotatable bonds is 9. The molecule has 1 fully saturated rings. The second-order valence-electron chi connectivity index (χ2n) is 5.99. The summed E-state index contributed by atoms with van der Waals surface area (Å²) in [5.74, 6) is -0.868. The van der Waals surface area contributed by atoms with Gasteiger partial charge in [0.15, 0.2) is 0 Å². The molecular formula is C16H29NO3. The van der Waals surface area contributed by atoms with E-state index >= 15 is 0 Å². The highest BCUT2D eigenvalue weighted by atomic mass is 16.4. The van der Waals surface area contributed by atoms with Crippen molar-refractivity contribution in [3.8, 4) is 0 Å². The van der Waals surface area contributed by atoms with Crippen molar-refractivity contribution in [2.45, 2.75) is 77.7 Å². The predicted octanol–water partition coefficient (Wildman–Crippen LogP) is 3.45. The molecule has 0 aromatic heterocycles. The molecule has 0 bridgehead atoms. The smallest absolute Gasteiger partial charge is 0.326 e. The fourth-order valence-corrected chi connectivity index (χ4v) is 2.92. The van der Waals surface area contributed by atoms with E-state index in [1.165, 1.54) is 32.1 Å². The number of carboxylic acid groups (broad SMARTS) is 1. The van der Waals surface area contributed by atoms with Crippen LogP contribution in [-0.4, -0.2) is 34.5 Å². The molecule has 1 aliphatic rings. The molecule has 1 rings (SSSR count). The van der Waals surface area contributed by atoms with Gasteiger partial charge in [0.25, 0.3) is 0 Å². The molecular weight excluding hydrogens is 254 g/mol. The second-order valence-corrected chi connectivity index (χ2v) is 5.99. The Hall–Kier alpha value is -1.06. The molecule has 0 aliphatic carbocycles. The summed E-state index contributed by atoms with van der Waals surface area (Å²) in [5.41, 5.74) is 0. The lowest BCUT2D eigenvalue weighted by Crippen LogP contribution is -2.42. The van der Waals surface area contributed by atoms with E-state index in [4.69, 9.17) is 5.11 Å². The number of hydrogen-bond acceptors (Lipinski definition) is 2. The fourth-order valence-electron chi connectivity index (χ4n) is 2.92. The fraction of sp³-hybridized carbons (Fsp3) is 0.875. The van der Waals surface area contributed by atoms with Crippen molar-refractivity contribution in [3.63, 3.8) is 0 Å². The maximum atomic E-state index is 12.3. The number of nitrogens with zero attached hydrogens (tertiary/aromatic N) is 1. The molecule has 0 spiro atoms. The average molecular weight is 283 g/mol. The minimum Gasteiger partial charge on any atom is -0.480 e. The Labute approximate surface area is 122 Å².